The third kappa shape index (κ3) is 4.52. The predicted octanol–water partition coefficient (Wildman–Crippen LogP) is 3.18. The van der Waals surface area contributed by atoms with Gasteiger partial charge < -0.3 is 15.5 Å². The molecule has 0 unspecified atom stereocenters. The summed E-state index contributed by atoms with van der Waals surface area (Å²) in [7, 11) is 0. The maximum Gasteiger partial charge on any atom is 0.226 e. The number of hydrogen-bond acceptors (Lipinski definition) is 5. The van der Waals surface area contributed by atoms with Gasteiger partial charge in [-0.05, 0) is 49.8 Å². The lowest BCUT2D eigenvalue weighted by Crippen LogP contribution is -2.46. The standard InChI is InChI=1S/C23H28FN5O2/c1-15(30)28-12-9-17(10-13-28)22(31)29-11-3-2-4-20(29)21-19(14-26-23(25)27-21)16-5-7-18(24)8-6-16/h5-8,14,17,20H,2-4,9-13H2,1H3,(H2,25,26,27)/t20-/m1/s1. The molecule has 31 heavy (non-hydrogen) atoms. The van der Waals surface area contributed by atoms with E-state index in [9.17, 15) is 14.0 Å². The number of nitrogens with zero attached hydrogens (tertiary/aromatic N) is 4. The number of nitrogen functional groups attached to an aromatic ring is 1. The summed E-state index contributed by atoms with van der Waals surface area (Å²) in [5, 5.41) is 0. The van der Waals surface area contributed by atoms with Crippen molar-refractivity contribution >= 4 is 17.8 Å². The van der Waals surface area contributed by atoms with E-state index >= 15 is 0 Å². The Bertz CT molecular complexity index is 957. The largest absolute Gasteiger partial charge is 0.368 e. The molecule has 0 saturated carbocycles. The average Bonchev–Trinajstić information content (AvgIpc) is 2.79. The summed E-state index contributed by atoms with van der Waals surface area (Å²) in [4.78, 5) is 37.5. The van der Waals surface area contributed by atoms with Crippen LogP contribution in [-0.4, -0.2) is 51.2 Å². The Morgan fingerprint density at radius 2 is 1.77 bits per heavy atom. The number of anilines is 1. The molecule has 2 aliphatic heterocycles. The van der Waals surface area contributed by atoms with E-state index in [1.54, 1.807) is 30.2 Å². The van der Waals surface area contributed by atoms with E-state index in [2.05, 4.69) is 9.97 Å². The molecule has 2 saturated heterocycles. The smallest absolute Gasteiger partial charge is 0.226 e. The van der Waals surface area contributed by atoms with Crippen LogP contribution in [0.1, 0.15) is 50.8 Å². The van der Waals surface area contributed by atoms with Crippen molar-refractivity contribution in [3.8, 4) is 11.1 Å². The van der Waals surface area contributed by atoms with Crippen molar-refractivity contribution in [2.75, 3.05) is 25.4 Å². The SMILES string of the molecule is CC(=O)N1CCC(C(=O)N2CCCC[C@@H]2c2nc(N)ncc2-c2ccc(F)cc2)CC1. The monoisotopic (exact) mass is 425 g/mol. The molecule has 0 radical (unpaired) electrons. The van der Waals surface area contributed by atoms with E-state index in [-0.39, 0.29) is 35.5 Å². The average molecular weight is 426 g/mol. The van der Waals surface area contributed by atoms with Crippen molar-refractivity contribution in [3.63, 3.8) is 0 Å². The van der Waals surface area contributed by atoms with Gasteiger partial charge in [0.1, 0.15) is 5.82 Å². The van der Waals surface area contributed by atoms with Gasteiger partial charge in [0.2, 0.25) is 17.8 Å². The van der Waals surface area contributed by atoms with E-state index in [1.807, 2.05) is 4.90 Å². The second-order valence-electron chi connectivity index (χ2n) is 8.36. The van der Waals surface area contributed by atoms with Gasteiger partial charge in [-0.15, -0.1) is 0 Å². The van der Waals surface area contributed by atoms with E-state index in [1.165, 1.54) is 12.1 Å². The second kappa shape index (κ2) is 8.99. The summed E-state index contributed by atoms with van der Waals surface area (Å²) >= 11 is 0. The number of hydrogen-bond donors (Lipinski definition) is 1. The lowest BCUT2D eigenvalue weighted by molar-refractivity contribution is -0.143. The van der Waals surface area contributed by atoms with Crippen LogP contribution in [0.25, 0.3) is 11.1 Å². The molecule has 0 bridgehead atoms. The number of carbonyl (C=O) groups excluding carboxylic acids is 2. The number of benzene rings is 1. The van der Waals surface area contributed by atoms with E-state index in [0.717, 1.165) is 30.4 Å². The van der Waals surface area contributed by atoms with Gasteiger partial charge in [0.15, 0.2) is 0 Å². The number of amides is 2. The highest BCUT2D eigenvalue weighted by Crippen LogP contribution is 2.37. The van der Waals surface area contributed by atoms with E-state index in [4.69, 9.17) is 5.73 Å². The zero-order valence-electron chi connectivity index (χ0n) is 17.8. The first-order valence-corrected chi connectivity index (χ1v) is 10.9. The first kappa shape index (κ1) is 21.2. The molecule has 2 amide bonds. The molecule has 0 spiro atoms. The van der Waals surface area contributed by atoms with Crippen LogP contribution in [0.5, 0.6) is 0 Å². The van der Waals surface area contributed by atoms with Gasteiger partial charge in [-0.25, -0.2) is 14.4 Å². The predicted molar refractivity (Wildman–Crippen MR) is 115 cm³/mol. The summed E-state index contributed by atoms with van der Waals surface area (Å²) in [5.74, 6) is -0.0661. The van der Waals surface area contributed by atoms with Gasteiger partial charge in [-0.2, -0.15) is 0 Å². The summed E-state index contributed by atoms with van der Waals surface area (Å²) in [6, 6.07) is 6.00. The highest BCUT2D eigenvalue weighted by Gasteiger charge is 2.36. The molecule has 164 valence electrons. The van der Waals surface area contributed by atoms with Crippen LogP contribution in [-0.2, 0) is 9.59 Å². The fourth-order valence-electron chi connectivity index (χ4n) is 4.67. The lowest BCUT2D eigenvalue weighted by atomic mass is 9.90. The van der Waals surface area contributed by atoms with Gasteiger partial charge in [-0.3, -0.25) is 9.59 Å². The summed E-state index contributed by atoms with van der Waals surface area (Å²) in [6.45, 7) is 3.47. The van der Waals surface area contributed by atoms with Crippen LogP contribution in [0.2, 0.25) is 0 Å². The van der Waals surface area contributed by atoms with Gasteiger partial charge in [0, 0.05) is 44.2 Å². The number of likely N-dealkylation sites (tertiary alicyclic amines) is 2. The molecule has 1 aromatic heterocycles. The zero-order chi connectivity index (χ0) is 22.0. The first-order chi connectivity index (χ1) is 14.9. The van der Waals surface area contributed by atoms with Crippen molar-refractivity contribution in [1.29, 1.82) is 0 Å². The van der Waals surface area contributed by atoms with Crippen LogP contribution in [0.3, 0.4) is 0 Å². The van der Waals surface area contributed by atoms with Crippen LogP contribution >= 0.6 is 0 Å². The fourth-order valence-corrected chi connectivity index (χ4v) is 4.67. The summed E-state index contributed by atoms with van der Waals surface area (Å²) in [5.41, 5.74) is 8.20. The molecule has 2 aromatic rings. The van der Waals surface area contributed by atoms with Crippen LogP contribution in [0, 0.1) is 11.7 Å². The minimum atomic E-state index is -0.312. The van der Waals surface area contributed by atoms with Crippen LogP contribution < -0.4 is 5.73 Å². The maximum atomic E-state index is 13.5. The van der Waals surface area contributed by atoms with Gasteiger partial charge in [-0.1, -0.05) is 12.1 Å². The molecule has 2 aliphatic rings. The van der Waals surface area contributed by atoms with E-state index in [0.29, 0.717) is 38.2 Å². The molecule has 3 heterocycles. The van der Waals surface area contributed by atoms with Crippen molar-refractivity contribution in [2.45, 2.75) is 45.1 Å². The number of nitrogens with two attached hydrogens (primary N) is 1. The third-order valence-corrected chi connectivity index (χ3v) is 6.38. The Kier molecular flexibility index (Phi) is 6.15. The van der Waals surface area contributed by atoms with E-state index < -0.39 is 0 Å². The minimum absolute atomic E-state index is 0.0575. The Morgan fingerprint density at radius 1 is 1.06 bits per heavy atom. The van der Waals surface area contributed by atoms with Crippen LogP contribution in [0.15, 0.2) is 30.5 Å². The Labute approximate surface area is 181 Å². The maximum absolute atomic E-state index is 13.5. The summed E-state index contributed by atoms with van der Waals surface area (Å²) in [6.07, 6.45) is 5.75. The minimum Gasteiger partial charge on any atom is -0.368 e. The van der Waals surface area contributed by atoms with Crippen molar-refractivity contribution < 1.29 is 14.0 Å². The van der Waals surface area contributed by atoms with Crippen LogP contribution in [0.4, 0.5) is 10.3 Å². The molecule has 1 atom stereocenters. The number of halogens is 1. The number of carbonyl (C=O) groups is 2. The lowest BCUT2D eigenvalue weighted by Gasteiger charge is -2.40. The number of aromatic nitrogens is 2. The number of piperidine rings is 2. The van der Waals surface area contributed by atoms with Crippen molar-refractivity contribution in [1.82, 2.24) is 19.8 Å². The van der Waals surface area contributed by atoms with Crippen molar-refractivity contribution in [3.05, 3.63) is 42.0 Å². The van der Waals surface area contributed by atoms with Gasteiger partial charge in [0.25, 0.3) is 0 Å². The topological polar surface area (TPSA) is 92.4 Å². The van der Waals surface area contributed by atoms with Gasteiger partial charge in [0.05, 0.1) is 11.7 Å². The second-order valence-corrected chi connectivity index (χ2v) is 8.36. The molecule has 2 N–H and O–H groups in total. The van der Waals surface area contributed by atoms with Gasteiger partial charge >= 0.3 is 0 Å². The van der Waals surface area contributed by atoms with Crippen molar-refractivity contribution in [2.24, 2.45) is 5.92 Å². The zero-order valence-corrected chi connectivity index (χ0v) is 17.8. The fraction of sp³-hybridized carbons (Fsp3) is 0.478. The molecular weight excluding hydrogens is 397 g/mol. The number of rotatable bonds is 3. The highest BCUT2D eigenvalue weighted by atomic mass is 19.1. The molecule has 2 fully saturated rings. The summed E-state index contributed by atoms with van der Waals surface area (Å²) < 4.78 is 13.4. The Hall–Kier alpha value is -3.03. The Balaban J connectivity index is 1.62. The molecular formula is C23H28FN5O2. The Morgan fingerprint density at radius 3 is 2.45 bits per heavy atom. The third-order valence-electron chi connectivity index (χ3n) is 6.38. The molecule has 0 aliphatic carbocycles. The first-order valence-electron chi connectivity index (χ1n) is 10.9. The molecule has 4 rings (SSSR count). The normalized spacial score (nSPS) is 20.0. The molecule has 1 aromatic carbocycles. The quantitative estimate of drug-likeness (QED) is 0.815. The molecule has 7 nitrogen and oxygen atoms in total. The molecule has 8 heteroatoms. The highest BCUT2D eigenvalue weighted by molar-refractivity contribution is 5.81.